The summed E-state index contributed by atoms with van der Waals surface area (Å²) in [5, 5.41) is 3.01. The molecule has 0 heterocycles. The second-order valence-electron chi connectivity index (χ2n) is 6.93. The highest BCUT2D eigenvalue weighted by molar-refractivity contribution is 7.89. The first-order valence-electron chi connectivity index (χ1n) is 9.98. The van der Waals surface area contributed by atoms with E-state index in [-0.39, 0.29) is 11.3 Å². The molecule has 1 amide bonds. The Morgan fingerprint density at radius 1 is 1.06 bits per heavy atom. The Kier molecular flexibility index (Phi) is 9.03. The zero-order valence-electron chi connectivity index (χ0n) is 17.9. The molecule has 31 heavy (non-hydrogen) atoms. The molecule has 0 bridgehead atoms. The first-order chi connectivity index (χ1) is 14.7. The number of hydrogen-bond donors (Lipinski definition) is 1. The van der Waals surface area contributed by atoms with Gasteiger partial charge in [0.2, 0.25) is 10.0 Å². The van der Waals surface area contributed by atoms with E-state index in [0.29, 0.717) is 30.2 Å². The van der Waals surface area contributed by atoms with Crippen LogP contribution in [-0.2, 0) is 30.8 Å². The number of ether oxygens (including phenoxy) is 1. The van der Waals surface area contributed by atoms with Crippen LogP contribution < -0.4 is 5.32 Å². The SMILES string of the molecule is CCN(CC)S(=O)(=O)c1ccc(CCC(=O)OCC(=O)Nc2ccc(C)cc2Cl)cc1. The van der Waals surface area contributed by atoms with Gasteiger partial charge in [0, 0.05) is 19.5 Å². The minimum Gasteiger partial charge on any atom is -0.456 e. The monoisotopic (exact) mass is 466 g/mol. The highest BCUT2D eigenvalue weighted by Gasteiger charge is 2.21. The number of amides is 1. The first-order valence-corrected chi connectivity index (χ1v) is 11.8. The lowest BCUT2D eigenvalue weighted by atomic mass is 10.1. The third kappa shape index (κ3) is 7.05. The Balaban J connectivity index is 1.82. The molecule has 2 rings (SSSR count). The van der Waals surface area contributed by atoms with Crippen molar-refractivity contribution >= 4 is 39.2 Å². The van der Waals surface area contributed by atoms with Crippen molar-refractivity contribution in [1.29, 1.82) is 0 Å². The summed E-state index contributed by atoms with van der Waals surface area (Å²) in [7, 11) is -3.51. The maximum atomic E-state index is 12.5. The van der Waals surface area contributed by atoms with Crippen LogP contribution in [0.5, 0.6) is 0 Å². The van der Waals surface area contributed by atoms with Gasteiger partial charge in [0.05, 0.1) is 15.6 Å². The number of nitrogens with zero attached hydrogens (tertiary/aromatic N) is 1. The molecule has 0 radical (unpaired) electrons. The summed E-state index contributed by atoms with van der Waals surface area (Å²) in [6.45, 7) is 5.85. The van der Waals surface area contributed by atoms with E-state index < -0.39 is 28.5 Å². The number of carbonyl (C=O) groups excluding carboxylic acids is 2. The van der Waals surface area contributed by atoms with Crippen molar-refractivity contribution < 1.29 is 22.7 Å². The predicted molar refractivity (Wildman–Crippen MR) is 121 cm³/mol. The number of esters is 1. The molecule has 0 aliphatic heterocycles. The fraction of sp³-hybridized carbons (Fsp3) is 0.364. The van der Waals surface area contributed by atoms with Crippen LogP contribution in [0.3, 0.4) is 0 Å². The highest BCUT2D eigenvalue weighted by atomic mass is 35.5. The zero-order valence-corrected chi connectivity index (χ0v) is 19.4. The minimum atomic E-state index is -3.51. The summed E-state index contributed by atoms with van der Waals surface area (Å²) in [6.07, 6.45) is 0.441. The number of anilines is 1. The number of halogens is 1. The molecule has 2 aromatic carbocycles. The lowest BCUT2D eigenvalue weighted by Crippen LogP contribution is -2.30. The van der Waals surface area contributed by atoms with E-state index in [9.17, 15) is 18.0 Å². The average molecular weight is 467 g/mol. The van der Waals surface area contributed by atoms with Gasteiger partial charge in [-0.15, -0.1) is 0 Å². The van der Waals surface area contributed by atoms with E-state index in [0.717, 1.165) is 11.1 Å². The Labute approximate surface area is 188 Å². The van der Waals surface area contributed by atoms with Crippen molar-refractivity contribution in [2.75, 3.05) is 25.0 Å². The Morgan fingerprint density at radius 3 is 2.29 bits per heavy atom. The number of hydrogen-bond acceptors (Lipinski definition) is 5. The molecule has 9 heteroatoms. The molecule has 0 aliphatic rings. The number of carbonyl (C=O) groups is 2. The predicted octanol–water partition coefficient (Wildman–Crippen LogP) is 3.79. The third-order valence-electron chi connectivity index (χ3n) is 4.65. The van der Waals surface area contributed by atoms with Crippen molar-refractivity contribution in [2.45, 2.75) is 38.5 Å². The summed E-state index contributed by atoms with van der Waals surface area (Å²) in [6, 6.07) is 11.6. The second-order valence-corrected chi connectivity index (χ2v) is 9.27. The molecule has 0 unspecified atom stereocenters. The van der Waals surface area contributed by atoms with Gasteiger partial charge in [-0.25, -0.2) is 8.42 Å². The van der Waals surface area contributed by atoms with Gasteiger partial charge in [-0.2, -0.15) is 4.31 Å². The standard InChI is InChI=1S/C22H27ClN2O5S/c1-4-25(5-2)31(28,29)18-10-7-17(8-11-18)9-13-22(27)30-15-21(26)24-20-12-6-16(3)14-19(20)23/h6-8,10-12,14H,4-5,9,13,15H2,1-3H3,(H,24,26). The summed E-state index contributed by atoms with van der Waals surface area (Å²) in [5.41, 5.74) is 2.22. The van der Waals surface area contributed by atoms with Gasteiger partial charge >= 0.3 is 5.97 Å². The maximum Gasteiger partial charge on any atom is 0.306 e. The largest absolute Gasteiger partial charge is 0.456 e. The van der Waals surface area contributed by atoms with Crippen LogP contribution in [0, 0.1) is 6.92 Å². The minimum absolute atomic E-state index is 0.0701. The van der Waals surface area contributed by atoms with E-state index in [1.54, 1.807) is 38.1 Å². The van der Waals surface area contributed by atoms with Crippen molar-refractivity contribution in [2.24, 2.45) is 0 Å². The fourth-order valence-corrected chi connectivity index (χ4v) is 4.65. The molecule has 0 saturated heterocycles. The molecule has 0 aliphatic carbocycles. The molecule has 0 saturated carbocycles. The number of nitrogens with one attached hydrogen (secondary N) is 1. The van der Waals surface area contributed by atoms with Gasteiger partial charge in [-0.3, -0.25) is 9.59 Å². The zero-order chi connectivity index (χ0) is 23.0. The Morgan fingerprint density at radius 2 is 1.71 bits per heavy atom. The quantitative estimate of drug-likeness (QED) is 0.537. The number of sulfonamides is 1. The van der Waals surface area contributed by atoms with Crippen LogP contribution in [0.2, 0.25) is 5.02 Å². The molecule has 0 aromatic heterocycles. The van der Waals surface area contributed by atoms with Crippen LogP contribution in [0.15, 0.2) is 47.4 Å². The molecule has 0 fully saturated rings. The first kappa shape index (κ1) is 24.8. The third-order valence-corrected chi connectivity index (χ3v) is 7.02. The van der Waals surface area contributed by atoms with Crippen LogP contribution in [0.4, 0.5) is 5.69 Å². The summed E-state index contributed by atoms with van der Waals surface area (Å²) in [5.74, 6) is -1.00. The van der Waals surface area contributed by atoms with Crippen LogP contribution in [0.1, 0.15) is 31.4 Å². The highest BCUT2D eigenvalue weighted by Crippen LogP contribution is 2.22. The van der Waals surface area contributed by atoms with Crippen molar-refractivity contribution in [1.82, 2.24) is 4.31 Å². The van der Waals surface area contributed by atoms with Crippen LogP contribution in [-0.4, -0.2) is 44.3 Å². The molecule has 7 nitrogen and oxygen atoms in total. The molecule has 1 N–H and O–H groups in total. The number of aryl methyl sites for hydroxylation is 2. The van der Waals surface area contributed by atoms with Gasteiger partial charge < -0.3 is 10.1 Å². The van der Waals surface area contributed by atoms with Gasteiger partial charge in [-0.1, -0.05) is 43.6 Å². The average Bonchev–Trinajstić information content (AvgIpc) is 2.73. The summed E-state index contributed by atoms with van der Waals surface area (Å²) < 4.78 is 31.4. The van der Waals surface area contributed by atoms with E-state index in [4.69, 9.17) is 16.3 Å². The van der Waals surface area contributed by atoms with E-state index >= 15 is 0 Å². The maximum absolute atomic E-state index is 12.5. The van der Waals surface area contributed by atoms with Gasteiger partial charge in [0.25, 0.3) is 5.91 Å². The molecular formula is C22H27ClN2O5S. The molecule has 2 aromatic rings. The number of rotatable bonds is 10. The van der Waals surface area contributed by atoms with Crippen LogP contribution in [0.25, 0.3) is 0 Å². The lowest BCUT2D eigenvalue weighted by molar-refractivity contribution is -0.147. The molecule has 0 spiro atoms. The topological polar surface area (TPSA) is 92.8 Å². The van der Waals surface area contributed by atoms with Gasteiger partial charge in [0.15, 0.2) is 6.61 Å². The van der Waals surface area contributed by atoms with Crippen molar-refractivity contribution in [3.8, 4) is 0 Å². The fourth-order valence-electron chi connectivity index (χ4n) is 2.91. The molecule has 168 valence electrons. The van der Waals surface area contributed by atoms with Gasteiger partial charge in [0.1, 0.15) is 0 Å². The summed E-state index contributed by atoms with van der Waals surface area (Å²) in [4.78, 5) is 24.1. The van der Waals surface area contributed by atoms with Crippen LogP contribution >= 0.6 is 11.6 Å². The summed E-state index contributed by atoms with van der Waals surface area (Å²) >= 11 is 6.06. The van der Waals surface area contributed by atoms with Gasteiger partial charge in [-0.05, 0) is 48.7 Å². The van der Waals surface area contributed by atoms with Crippen molar-refractivity contribution in [3.05, 3.63) is 58.6 Å². The van der Waals surface area contributed by atoms with Crippen molar-refractivity contribution in [3.63, 3.8) is 0 Å². The molecular weight excluding hydrogens is 440 g/mol. The lowest BCUT2D eigenvalue weighted by Gasteiger charge is -2.18. The second kappa shape index (κ2) is 11.3. The molecule has 0 atom stereocenters. The van der Waals surface area contributed by atoms with E-state index in [2.05, 4.69) is 5.32 Å². The Bertz CT molecular complexity index is 1020. The Hall–Kier alpha value is -2.42. The number of benzene rings is 2. The smallest absolute Gasteiger partial charge is 0.306 e. The van der Waals surface area contributed by atoms with E-state index in [1.165, 1.54) is 16.4 Å². The van der Waals surface area contributed by atoms with E-state index in [1.807, 2.05) is 13.0 Å². The normalized spacial score (nSPS) is 11.4.